The number of pyridine rings is 1. The first-order chi connectivity index (χ1) is 17.6. The minimum Gasteiger partial charge on any atom is -0.454 e. The quantitative estimate of drug-likeness (QED) is 0.256. The SMILES string of the molecule is [2H]C1([2H])CCC(C)(C)c2c(-c3c(C#N)ccc4c3oc3c(-c5cccc[n+]5C)c(C)ccc34)cccc21. The highest BCUT2D eigenvalue weighted by Gasteiger charge is 2.32. The number of hydrogen-bond acceptors (Lipinski definition) is 2. The van der Waals surface area contributed by atoms with Crippen molar-refractivity contribution in [1.82, 2.24) is 0 Å². The highest BCUT2D eigenvalue weighted by molar-refractivity contribution is 6.14. The average Bonchev–Trinajstić information content (AvgIpc) is 3.25. The Hall–Kier alpha value is -3.90. The van der Waals surface area contributed by atoms with Gasteiger partial charge >= 0.3 is 0 Å². The Balaban J connectivity index is 1.75. The molecule has 6 rings (SSSR count). The van der Waals surface area contributed by atoms with Crippen LogP contribution in [0.1, 0.15) is 51.7 Å². The topological polar surface area (TPSA) is 40.8 Å². The molecule has 172 valence electrons. The van der Waals surface area contributed by atoms with Crippen LogP contribution in [0.3, 0.4) is 0 Å². The number of hydrogen-bond donors (Lipinski definition) is 0. The maximum Gasteiger partial charge on any atom is 0.216 e. The van der Waals surface area contributed by atoms with Crippen molar-refractivity contribution in [2.45, 2.75) is 45.4 Å². The van der Waals surface area contributed by atoms with E-state index in [-0.39, 0.29) is 5.41 Å². The van der Waals surface area contributed by atoms with Crippen molar-refractivity contribution >= 4 is 21.9 Å². The van der Waals surface area contributed by atoms with Crippen LogP contribution in [0, 0.1) is 18.3 Å². The van der Waals surface area contributed by atoms with Gasteiger partial charge in [0.1, 0.15) is 18.2 Å². The molecule has 0 spiro atoms. The molecule has 0 saturated carbocycles. The lowest BCUT2D eigenvalue weighted by Crippen LogP contribution is -2.30. The molecule has 0 atom stereocenters. The van der Waals surface area contributed by atoms with Gasteiger partial charge in [0, 0.05) is 31.2 Å². The first-order valence-electron chi connectivity index (χ1n) is 13.1. The van der Waals surface area contributed by atoms with E-state index in [2.05, 4.69) is 49.6 Å². The maximum atomic E-state index is 10.2. The molecule has 3 aromatic carbocycles. The van der Waals surface area contributed by atoms with E-state index in [9.17, 15) is 5.26 Å². The summed E-state index contributed by atoms with van der Waals surface area (Å²) in [4.78, 5) is 0. The lowest BCUT2D eigenvalue weighted by atomic mass is 9.69. The Morgan fingerprint density at radius 2 is 1.74 bits per heavy atom. The molecule has 3 heteroatoms. The summed E-state index contributed by atoms with van der Waals surface area (Å²) in [5.74, 6) is 0. The third-order valence-corrected chi connectivity index (χ3v) is 7.53. The van der Waals surface area contributed by atoms with Crippen LogP contribution in [0.2, 0.25) is 0 Å². The number of nitriles is 1. The lowest BCUT2D eigenvalue weighted by Gasteiger charge is -2.35. The van der Waals surface area contributed by atoms with Gasteiger partial charge in [0.15, 0.2) is 6.20 Å². The van der Waals surface area contributed by atoms with Crippen LogP contribution in [0.4, 0.5) is 0 Å². The Kier molecular flexibility index (Phi) is 4.34. The fraction of sp³-hybridized carbons (Fsp3) is 0.250. The zero-order valence-electron chi connectivity index (χ0n) is 22.6. The number of rotatable bonds is 2. The second kappa shape index (κ2) is 7.82. The van der Waals surface area contributed by atoms with Crippen LogP contribution in [0.5, 0.6) is 0 Å². The summed E-state index contributed by atoms with van der Waals surface area (Å²) < 4.78 is 26.3. The van der Waals surface area contributed by atoms with E-state index in [0.29, 0.717) is 23.1 Å². The molecule has 2 aromatic heterocycles. The highest BCUT2D eigenvalue weighted by atomic mass is 16.3. The van der Waals surface area contributed by atoms with Gasteiger partial charge in [-0.1, -0.05) is 44.2 Å². The van der Waals surface area contributed by atoms with E-state index >= 15 is 0 Å². The third kappa shape index (κ3) is 3.21. The Morgan fingerprint density at radius 1 is 0.971 bits per heavy atom. The number of benzene rings is 3. The molecule has 2 heterocycles. The molecule has 1 aliphatic carbocycles. The number of furan rings is 1. The van der Waals surface area contributed by atoms with Crippen molar-refractivity contribution < 1.29 is 11.7 Å². The van der Waals surface area contributed by atoms with Gasteiger partial charge in [-0.15, -0.1) is 0 Å². The van der Waals surface area contributed by atoms with Crippen molar-refractivity contribution in [3.8, 4) is 28.5 Å². The normalized spacial score (nSPS) is 17.0. The minimum absolute atomic E-state index is 0.238. The molecule has 0 saturated heterocycles. The van der Waals surface area contributed by atoms with E-state index in [1.165, 1.54) is 0 Å². The van der Waals surface area contributed by atoms with Crippen molar-refractivity contribution in [2.24, 2.45) is 7.05 Å². The Bertz CT molecular complexity index is 1770. The van der Waals surface area contributed by atoms with Gasteiger partial charge < -0.3 is 4.42 Å². The van der Waals surface area contributed by atoms with Gasteiger partial charge in [0.2, 0.25) is 5.69 Å². The lowest BCUT2D eigenvalue weighted by molar-refractivity contribution is -0.660. The van der Waals surface area contributed by atoms with Gasteiger partial charge in [-0.05, 0) is 72.0 Å². The molecule has 5 aromatic rings. The van der Waals surface area contributed by atoms with E-state index in [1.807, 2.05) is 55.7 Å². The van der Waals surface area contributed by atoms with E-state index in [0.717, 1.165) is 56.3 Å². The summed E-state index contributed by atoms with van der Waals surface area (Å²) in [6.07, 6.45) is 1.83. The molecule has 0 unspecified atom stereocenters. The van der Waals surface area contributed by atoms with Crippen LogP contribution in [-0.2, 0) is 18.8 Å². The van der Waals surface area contributed by atoms with Crippen molar-refractivity contribution in [1.29, 1.82) is 5.26 Å². The first kappa shape index (κ1) is 19.4. The van der Waals surface area contributed by atoms with Crippen LogP contribution < -0.4 is 4.57 Å². The fourth-order valence-corrected chi connectivity index (χ4v) is 5.74. The van der Waals surface area contributed by atoms with Crippen molar-refractivity contribution in [3.05, 3.63) is 89.1 Å². The van der Waals surface area contributed by atoms with Gasteiger partial charge in [-0.2, -0.15) is 5.26 Å². The monoisotopic (exact) mass is 459 g/mol. The highest BCUT2D eigenvalue weighted by Crippen LogP contribution is 2.47. The second-order valence-corrected chi connectivity index (χ2v) is 10.2. The number of nitrogens with zero attached hydrogens (tertiary/aromatic N) is 2. The number of aryl methyl sites for hydroxylation is 3. The summed E-state index contributed by atoms with van der Waals surface area (Å²) in [6, 6.07) is 22.4. The standard InChI is InChI=1S/C32H29N2O/c1-20-13-15-23-24-16-14-22(19-33)28(25-11-7-9-21-10-8-17-32(2,3)29(21)25)31(24)35-30(23)27(20)26-12-5-6-18-34(26)4/h5-7,9,11-16,18H,8,10,17H2,1-4H3/q+1/i10D2. The zero-order valence-corrected chi connectivity index (χ0v) is 20.6. The summed E-state index contributed by atoms with van der Waals surface area (Å²) in [6.45, 7) is 6.44. The minimum atomic E-state index is -1.41. The maximum absolute atomic E-state index is 10.2. The summed E-state index contributed by atoms with van der Waals surface area (Å²) in [5, 5.41) is 12.2. The van der Waals surface area contributed by atoms with Gasteiger partial charge in [0.25, 0.3) is 0 Å². The number of fused-ring (bicyclic) bond motifs is 4. The molecule has 0 amide bonds. The smallest absolute Gasteiger partial charge is 0.216 e. The first-order valence-corrected chi connectivity index (χ1v) is 12.1. The van der Waals surface area contributed by atoms with E-state index in [4.69, 9.17) is 7.16 Å². The summed E-state index contributed by atoms with van der Waals surface area (Å²) in [5.41, 5.74) is 8.29. The molecular formula is C32H29N2O+. The zero-order chi connectivity index (χ0) is 26.1. The van der Waals surface area contributed by atoms with Crippen molar-refractivity contribution in [3.63, 3.8) is 0 Å². The van der Waals surface area contributed by atoms with Gasteiger partial charge in [-0.3, -0.25) is 0 Å². The molecule has 35 heavy (non-hydrogen) atoms. The predicted octanol–water partition coefficient (Wildman–Crippen LogP) is 7.54. The molecule has 0 bridgehead atoms. The van der Waals surface area contributed by atoms with E-state index < -0.39 is 6.37 Å². The molecule has 0 fully saturated rings. The van der Waals surface area contributed by atoms with Crippen LogP contribution in [0.25, 0.3) is 44.3 Å². The second-order valence-electron chi connectivity index (χ2n) is 10.2. The molecule has 3 nitrogen and oxygen atoms in total. The molecule has 0 N–H and O–H groups in total. The Morgan fingerprint density at radius 3 is 2.51 bits per heavy atom. The molecular weight excluding hydrogens is 428 g/mol. The van der Waals surface area contributed by atoms with Gasteiger partial charge in [0.05, 0.1) is 17.2 Å². The predicted molar refractivity (Wildman–Crippen MR) is 141 cm³/mol. The van der Waals surface area contributed by atoms with Crippen molar-refractivity contribution in [2.75, 3.05) is 0 Å². The molecule has 0 radical (unpaired) electrons. The number of aromatic nitrogens is 1. The van der Waals surface area contributed by atoms with Crippen LogP contribution in [0.15, 0.2) is 71.3 Å². The van der Waals surface area contributed by atoms with Crippen LogP contribution >= 0.6 is 0 Å². The fourth-order valence-electron chi connectivity index (χ4n) is 5.74. The van der Waals surface area contributed by atoms with Crippen LogP contribution in [-0.4, -0.2) is 0 Å². The van der Waals surface area contributed by atoms with Gasteiger partial charge in [-0.25, -0.2) is 4.57 Å². The van der Waals surface area contributed by atoms with E-state index in [1.54, 1.807) is 0 Å². The Labute approximate surface area is 209 Å². The summed E-state index contributed by atoms with van der Waals surface area (Å²) in [7, 11) is 2.03. The average molecular weight is 460 g/mol. The molecule has 1 aliphatic rings. The summed E-state index contributed by atoms with van der Waals surface area (Å²) >= 11 is 0. The largest absolute Gasteiger partial charge is 0.454 e. The third-order valence-electron chi connectivity index (χ3n) is 7.53. The molecule has 0 aliphatic heterocycles.